The molecule has 1 aromatic carbocycles. The number of carbonyl (C=O) groups is 2. The van der Waals surface area contributed by atoms with Crippen LogP contribution in [-0.4, -0.2) is 22.9 Å². The molecule has 6 heteroatoms. The van der Waals surface area contributed by atoms with Gasteiger partial charge in [0.05, 0.1) is 6.54 Å². The van der Waals surface area contributed by atoms with Crippen LogP contribution in [0, 0.1) is 5.92 Å². The Balaban J connectivity index is 1.77. The van der Waals surface area contributed by atoms with Crippen molar-refractivity contribution < 1.29 is 9.59 Å². The maximum atomic E-state index is 12.6. The molecule has 1 saturated carbocycles. The van der Waals surface area contributed by atoms with Gasteiger partial charge in [0.15, 0.2) is 0 Å². The molecule has 1 aromatic rings. The summed E-state index contributed by atoms with van der Waals surface area (Å²) in [5.41, 5.74) is 0.610. The molecule has 4 nitrogen and oxygen atoms in total. The van der Waals surface area contributed by atoms with E-state index in [2.05, 4.69) is 5.32 Å². The van der Waals surface area contributed by atoms with Crippen molar-refractivity contribution >= 4 is 35.1 Å². The van der Waals surface area contributed by atoms with Gasteiger partial charge in [-0.25, -0.2) is 4.79 Å². The molecule has 3 rings (SSSR count). The highest BCUT2D eigenvalue weighted by Gasteiger charge is 2.42. The largest absolute Gasteiger partial charge is 0.326 e. The van der Waals surface area contributed by atoms with E-state index in [4.69, 9.17) is 23.2 Å². The van der Waals surface area contributed by atoms with Gasteiger partial charge in [0.1, 0.15) is 6.04 Å². The number of carbonyl (C=O) groups excluding carboxylic acids is 2. The highest BCUT2D eigenvalue weighted by Crippen LogP contribution is 2.31. The number of halogens is 2. The number of hydrogen-bond donors (Lipinski definition) is 1. The van der Waals surface area contributed by atoms with E-state index in [0.29, 0.717) is 15.6 Å². The highest BCUT2D eigenvalue weighted by molar-refractivity contribution is 6.36. The van der Waals surface area contributed by atoms with Crippen molar-refractivity contribution in [2.75, 3.05) is 0 Å². The number of nitrogens with one attached hydrogen (secondary N) is 1. The zero-order chi connectivity index (χ0) is 15.7. The van der Waals surface area contributed by atoms with Crippen LogP contribution < -0.4 is 5.32 Å². The average molecular weight is 341 g/mol. The topological polar surface area (TPSA) is 49.4 Å². The molecule has 2 fully saturated rings. The lowest BCUT2D eigenvalue weighted by Crippen LogP contribution is -2.38. The Kier molecular flexibility index (Phi) is 4.59. The molecular weight excluding hydrogens is 323 g/mol. The molecule has 0 radical (unpaired) electrons. The van der Waals surface area contributed by atoms with Gasteiger partial charge in [-0.2, -0.15) is 0 Å². The van der Waals surface area contributed by atoms with Crippen molar-refractivity contribution in [1.29, 1.82) is 0 Å². The van der Waals surface area contributed by atoms with Crippen LogP contribution in [0.4, 0.5) is 4.79 Å². The van der Waals surface area contributed by atoms with Crippen molar-refractivity contribution in [3.05, 3.63) is 33.8 Å². The Hall–Kier alpha value is -1.26. The van der Waals surface area contributed by atoms with Crippen LogP contribution in [0.2, 0.25) is 10.0 Å². The maximum Gasteiger partial charge on any atom is 0.325 e. The zero-order valence-electron chi connectivity index (χ0n) is 12.1. The highest BCUT2D eigenvalue weighted by atomic mass is 35.5. The molecule has 0 aromatic heterocycles. The lowest BCUT2D eigenvalue weighted by atomic mass is 9.84. The van der Waals surface area contributed by atoms with Gasteiger partial charge in [0, 0.05) is 15.6 Å². The number of urea groups is 1. The fourth-order valence-electron chi connectivity index (χ4n) is 3.32. The third-order valence-electron chi connectivity index (χ3n) is 4.56. The molecular formula is C16H18Cl2N2O2. The van der Waals surface area contributed by atoms with Crippen LogP contribution in [0.1, 0.15) is 37.7 Å². The maximum absolute atomic E-state index is 12.6. The predicted molar refractivity (Wildman–Crippen MR) is 85.9 cm³/mol. The van der Waals surface area contributed by atoms with Crippen molar-refractivity contribution in [3.8, 4) is 0 Å². The van der Waals surface area contributed by atoms with Gasteiger partial charge >= 0.3 is 6.03 Å². The molecule has 0 spiro atoms. The van der Waals surface area contributed by atoms with E-state index in [-0.39, 0.29) is 24.4 Å². The fraction of sp³-hybridized carbons (Fsp3) is 0.500. The summed E-state index contributed by atoms with van der Waals surface area (Å²) in [4.78, 5) is 26.0. The van der Waals surface area contributed by atoms with Gasteiger partial charge in [-0.1, -0.05) is 48.5 Å². The second-order valence-corrected chi connectivity index (χ2v) is 6.76. The smallest absolute Gasteiger partial charge is 0.325 e. The molecule has 22 heavy (non-hydrogen) atoms. The van der Waals surface area contributed by atoms with E-state index >= 15 is 0 Å². The minimum Gasteiger partial charge on any atom is -0.326 e. The molecule has 2 aliphatic rings. The summed E-state index contributed by atoms with van der Waals surface area (Å²) in [7, 11) is 0. The molecule has 1 atom stereocenters. The quantitative estimate of drug-likeness (QED) is 0.845. The minimum atomic E-state index is -0.394. The molecule has 1 heterocycles. The van der Waals surface area contributed by atoms with Crippen molar-refractivity contribution in [2.24, 2.45) is 5.92 Å². The first kappa shape index (κ1) is 15.6. The second-order valence-electron chi connectivity index (χ2n) is 5.95. The summed E-state index contributed by atoms with van der Waals surface area (Å²) in [6.45, 7) is 0.117. The van der Waals surface area contributed by atoms with Crippen LogP contribution in [0.25, 0.3) is 0 Å². The number of benzene rings is 1. The lowest BCUT2D eigenvalue weighted by Gasteiger charge is -2.25. The molecule has 1 aliphatic heterocycles. The second kappa shape index (κ2) is 6.47. The van der Waals surface area contributed by atoms with Crippen LogP contribution >= 0.6 is 23.2 Å². The van der Waals surface area contributed by atoms with Crippen LogP contribution in [-0.2, 0) is 11.3 Å². The first-order valence-electron chi connectivity index (χ1n) is 7.62. The molecule has 1 aliphatic carbocycles. The predicted octanol–water partition coefficient (Wildman–Crippen LogP) is 3.99. The third-order valence-corrected chi connectivity index (χ3v) is 5.26. The van der Waals surface area contributed by atoms with E-state index in [1.54, 1.807) is 18.2 Å². The number of hydrogen-bond acceptors (Lipinski definition) is 2. The van der Waals surface area contributed by atoms with E-state index in [0.717, 1.165) is 25.7 Å². The summed E-state index contributed by atoms with van der Waals surface area (Å²) in [6.07, 6.45) is 5.46. The van der Waals surface area contributed by atoms with Gasteiger partial charge in [0.25, 0.3) is 5.91 Å². The van der Waals surface area contributed by atoms with E-state index < -0.39 is 6.04 Å². The van der Waals surface area contributed by atoms with Crippen molar-refractivity contribution in [2.45, 2.75) is 44.7 Å². The number of imide groups is 1. The van der Waals surface area contributed by atoms with Crippen LogP contribution in [0.3, 0.4) is 0 Å². The SMILES string of the molecule is O=C1NC(C2CCCCC2)C(=O)N1Cc1c(Cl)cccc1Cl. The number of amides is 3. The first-order chi connectivity index (χ1) is 10.6. The van der Waals surface area contributed by atoms with Crippen molar-refractivity contribution in [3.63, 3.8) is 0 Å². The van der Waals surface area contributed by atoms with Gasteiger partial charge < -0.3 is 5.32 Å². The van der Waals surface area contributed by atoms with Gasteiger partial charge in [-0.3, -0.25) is 9.69 Å². The number of nitrogens with zero attached hydrogens (tertiary/aromatic N) is 1. The van der Waals surface area contributed by atoms with Gasteiger partial charge in [-0.15, -0.1) is 0 Å². The standard InChI is InChI=1S/C16H18Cl2N2O2/c17-12-7-4-8-13(18)11(12)9-20-15(21)14(19-16(20)22)10-5-2-1-3-6-10/h4,7-8,10,14H,1-3,5-6,9H2,(H,19,22). The Bertz CT molecular complexity index is 580. The molecule has 118 valence electrons. The van der Waals surface area contributed by atoms with Gasteiger partial charge in [0.2, 0.25) is 0 Å². The Labute approximate surface area is 139 Å². The van der Waals surface area contributed by atoms with Crippen molar-refractivity contribution in [1.82, 2.24) is 10.2 Å². The van der Waals surface area contributed by atoms with E-state index in [1.807, 2.05) is 0 Å². The molecule has 1 N–H and O–H groups in total. The zero-order valence-corrected chi connectivity index (χ0v) is 13.7. The Morgan fingerprint density at radius 1 is 1.09 bits per heavy atom. The summed E-state index contributed by atoms with van der Waals surface area (Å²) >= 11 is 12.3. The van der Waals surface area contributed by atoms with Crippen LogP contribution in [0.5, 0.6) is 0 Å². The molecule has 3 amide bonds. The van der Waals surface area contributed by atoms with Gasteiger partial charge in [-0.05, 0) is 30.9 Å². The normalized spacial score (nSPS) is 23.0. The fourth-order valence-corrected chi connectivity index (χ4v) is 3.84. The molecule has 0 bridgehead atoms. The van der Waals surface area contributed by atoms with Crippen LogP contribution in [0.15, 0.2) is 18.2 Å². The van der Waals surface area contributed by atoms with E-state index in [1.165, 1.54) is 11.3 Å². The molecule has 1 unspecified atom stereocenters. The molecule has 1 saturated heterocycles. The Morgan fingerprint density at radius 3 is 2.36 bits per heavy atom. The number of rotatable bonds is 3. The monoisotopic (exact) mass is 340 g/mol. The summed E-state index contributed by atoms with van der Waals surface area (Å²) < 4.78 is 0. The minimum absolute atomic E-state index is 0.117. The first-order valence-corrected chi connectivity index (χ1v) is 8.38. The third kappa shape index (κ3) is 2.95. The lowest BCUT2D eigenvalue weighted by molar-refractivity contribution is -0.129. The summed E-state index contributed by atoms with van der Waals surface area (Å²) in [6, 6.07) is 4.41. The summed E-state index contributed by atoms with van der Waals surface area (Å²) in [5, 5.41) is 3.77. The average Bonchev–Trinajstić information content (AvgIpc) is 2.79. The van der Waals surface area contributed by atoms with E-state index in [9.17, 15) is 9.59 Å². The Morgan fingerprint density at radius 2 is 1.73 bits per heavy atom. The summed E-state index contributed by atoms with van der Waals surface area (Å²) in [5.74, 6) is 0.0878.